The quantitative estimate of drug-likeness (QED) is 0.885. The highest BCUT2D eigenvalue weighted by molar-refractivity contribution is 5.98. The molecule has 0 aliphatic heterocycles. The van der Waals surface area contributed by atoms with Gasteiger partial charge in [-0.15, -0.1) is 0 Å². The van der Waals surface area contributed by atoms with Crippen molar-refractivity contribution in [2.45, 2.75) is 0 Å². The van der Waals surface area contributed by atoms with Crippen LogP contribution in [-0.4, -0.2) is 42.6 Å². The highest BCUT2D eigenvalue weighted by atomic mass is 16.1. The molecular weight excluding hydrogens is 226 g/mol. The highest BCUT2D eigenvalue weighted by Crippen LogP contribution is 2.17. The lowest BCUT2D eigenvalue weighted by Gasteiger charge is -2.10. The zero-order chi connectivity index (χ0) is 13.1. The number of hydrogen-bond donors (Lipinski definition) is 1. The minimum atomic E-state index is -0.0180. The molecule has 0 aliphatic carbocycles. The monoisotopic (exact) mass is 245 g/mol. The minimum Gasteiger partial charge on any atom is -0.349 e. The summed E-state index contributed by atoms with van der Waals surface area (Å²) in [4.78, 5) is 14.1. The van der Waals surface area contributed by atoms with Crippen molar-refractivity contribution < 1.29 is 4.79 Å². The van der Waals surface area contributed by atoms with Crippen LogP contribution < -0.4 is 5.32 Å². The molecule has 96 valence electrons. The summed E-state index contributed by atoms with van der Waals surface area (Å²) in [5, 5.41) is 4.03. The first-order valence-corrected chi connectivity index (χ1v) is 6.07. The number of rotatable bonds is 4. The molecule has 0 atom stereocenters. The molecule has 1 heterocycles. The Morgan fingerprint density at radius 2 is 2.06 bits per heavy atom. The van der Waals surface area contributed by atoms with Gasteiger partial charge in [-0.2, -0.15) is 0 Å². The maximum atomic E-state index is 12.1. The fourth-order valence-electron chi connectivity index (χ4n) is 1.99. The molecule has 0 bridgehead atoms. The van der Waals surface area contributed by atoms with Crippen molar-refractivity contribution in [1.82, 2.24) is 14.8 Å². The Hall–Kier alpha value is -1.81. The molecule has 2 aromatic rings. The van der Waals surface area contributed by atoms with E-state index in [4.69, 9.17) is 0 Å². The van der Waals surface area contributed by atoms with Crippen LogP contribution in [-0.2, 0) is 7.05 Å². The normalized spacial score (nSPS) is 11.1. The number of carbonyl (C=O) groups excluding carboxylic acids is 1. The van der Waals surface area contributed by atoms with Gasteiger partial charge in [0.05, 0.1) is 0 Å². The van der Waals surface area contributed by atoms with E-state index in [1.165, 1.54) is 0 Å². The Morgan fingerprint density at radius 3 is 2.72 bits per heavy atom. The van der Waals surface area contributed by atoms with Crippen LogP contribution in [0.2, 0.25) is 0 Å². The molecule has 0 aliphatic rings. The topological polar surface area (TPSA) is 37.3 Å². The maximum absolute atomic E-state index is 12.1. The number of hydrogen-bond acceptors (Lipinski definition) is 2. The van der Waals surface area contributed by atoms with Gasteiger partial charge < -0.3 is 14.8 Å². The summed E-state index contributed by atoms with van der Waals surface area (Å²) >= 11 is 0. The van der Waals surface area contributed by atoms with E-state index in [0.29, 0.717) is 12.2 Å². The third kappa shape index (κ3) is 2.54. The van der Waals surface area contributed by atoms with Gasteiger partial charge in [0.2, 0.25) is 0 Å². The lowest BCUT2D eigenvalue weighted by atomic mass is 10.2. The summed E-state index contributed by atoms with van der Waals surface area (Å²) in [6, 6.07) is 9.93. The molecule has 0 spiro atoms. The van der Waals surface area contributed by atoms with Crippen LogP contribution in [0.1, 0.15) is 10.5 Å². The van der Waals surface area contributed by atoms with Crippen LogP contribution in [0.3, 0.4) is 0 Å². The molecule has 0 fully saturated rings. The van der Waals surface area contributed by atoms with E-state index >= 15 is 0 Å². The van der Waals surface area contributed by atoms with Crippen LogP contribution in [0.4, 0.5) is 0 Å². The van der Waals surface area contributed by atoms with Gasteiger partial charge in [0, 0.05) is 31.0 Å². The van der Waals surface area contributed by atoms with Gasteiger partial charge in [-0.3, -0.25) is 4.79 Å². The van der Waals surface area contributed by atoms with Crippen molar-refractivity contribution in [2.24, 2.45) is 7.05 Å². The van der Waals surface area contributed by atoms with Gasteiger partial charge in [0.15, 0.2) is 0 Å². The van der Waals surface area contributed by atoms with Crippen molar-refractivity contribution in [3.05, 3.63) is 36.0 Å². The third-order valence-corrected chi connectivity index (χ3v) is 3.03. The number of nitrogens with zero attached hydrogens (tertiary/aromatic N) is 2. The van der Waals surface area contributed by atoms with E-state index in [0.717, 1.165) is 17.4 Å². The molecule has 4 heteroatoms. The molecule has 1 aromatic carbocycles. The molecule has 18 heavy (non-hydrogen) atoms. The number of fused-ring (bicyclic) bond motifs is 1. The summed E-state index contributed by atoms with van der Waals surface area (Å²) in [5.74, 6) is -0.0180. The Balaban J connectivity index is 2.15. The van der Waals surface area contributed by atoms with Crippen LogP contribution >= 0.6 is 0 Å². The van der Waals surface area contributed by atoms with Crippen LogP contribution in [0.15, 0.2) is 30.3 Å². The summed E-state index contributed by atoms with van der Waals surface area (Å²) in [5.41, 5.74) is 1.78. The van der Waals surface area contributed by atoms with E-state index in [9.17, 15) is 4.79 Å². The van der Waals surface area contributed by atoms with E-state index in [2.05, 4.69) is 5.32 Å². The van der Waals surface area contributed by atoms with Crippen LogP contribution in [0, 0.1) is 0 Å². The van der Waals surface area contributed by atoms with Crippen molar-refractivity contribution in [2.75, 3.05) is 27.2 Å². The largest absolute Gasteiger partial charge is 0.349 e. The van der Waals surface area contributed by atoms with Crippen LogP contribution in [0.25, 0.3) is 10.9 Å². The standard InChI is InChI=1S/C14H19N3O/c1-16(2)9-8-15-14(18)13-10-11-6-4-5-7-12(11)17(13)3/h4-7,10H,8-9H2,1-3H3,(H,15,18). The number of aromatic nitrogens is 1. The van der Waals surface area contributed by atoms with Gasteiger partial charge in [0.25, 0.3) is 5.91 Å². The number of para-hydroxylation sites is 1. The maximum Gasteiger partial charge on any atom is 0.267 e. The molecule has 1 aromatic heterocycles. The second-order valence-corrected chi connectivity index (χ2v) is 4.71. The summed E-state index contributed by atoms with van der Waals surface area (Å²) in [6.45, 7) is 1.50. The van der Waals surface area contributed by atoms with Crippen molar-refractivity contribution in [1.29, 1.82) is 0 Å². The fraction of sp³-hybridized carbons (Fsp3) is 0.357. The minimum absolute atomic E-state index is 0.0180. The van der Waals surface area contributed by atoms with E-state index in [1.807, 2.05) is 60.9 Å². The lowest BCUT2D eigenvalue weighted by Crippen LogP contribution is -2.32. The number of likely N-dealkylation sites (N-methyl/N-ethyl adjacent to an activating group) is 1. The zero-order valence-electron chi connectivity index (χ0n) is 11.1. The summed E-state index contributed by atoms with van der Waals surface area (Å²) < 4.78 is 1.93. The van der Waals surface area contributed by atoms with Gasteiger partial charge in [-0.25, -0.2) is 0 Å². The van der Waals surface area contributed by atoms with Crippen molar-refractivity contribution >= 4 is 16.8 Å². The Morgan fingerprint density at radius 1 is 1.33 bits per heavy atom. The van der Waals surface area contributed by atoms with Crippen LogP contribution in [0.5, 0.6) is 0 Å². The van der Waals surface area contributed by atoms with Gasteiger partial charge in [-0.05, 0) is 26.2 Å². The molecule has 1 N–H and O–H groups in total. The number of benzene rings is 1. The molecule has 0 saturated heterocycles. The number of carbonyl (C=O) groups is 1. The molecule has 0 saturated carbocycles. The molecule has 4 nitrogen and oxygen atoms in total. The average Bonchev–Trinajstić information content (AvgIpc) is 2.67. The van der Waals surface area contributed by atoms with E-state index in [-0.39, 0.29) is 5.91 Å². The van der Waals surface area contributed by atoms with Gasteiger partial charge in [-0.1, -0.05) is 18.2 Å². The molecule has 0 unspecified atom stereocenters. The second-order valence-electron chi connectivity index (χ2n) is 4.71. The Kier molecular flexibility index (Phi) is 3.67. The number of amides is 1. The fourth-order valence-corrected chi connectivity index (χ4v) is 1.99. The molecular formula is C14H19N3O. The van der Waals surface area contributed by atoms with Gasteiger partial charge in [0.1, 0.15) is 5.69 Å². The number of nitrogens with one attached hydrogen (secondary N) is 1. The van der Waals surface area contributed by atoms with E-state index in [1.54, 1.807) is 0 Å². The average molecular weight is 245 g/mol. The smallest absolute Gasteiger partial charge is 0.267 e. The lowest BCUT2D eigenvalue weighted by molar-refractivity contribution is 0.0943. The van der Waals surface area contributed by atoms with Crippen molar-refractivity contribution in [3.8, 4) is 0 Å². The second kappa shape index (κ2) is 5.23. The first-order valence-electron chi connectivity index (χ1n) is 6.07. The van der Waals surface area contributed by atoms with Gasteiger partial charge >= 0.3 is 0 Å². The summed E-state index contributed by atoms with van der Waals surface area (Å²) in [7, 11) is 5.90. The zero-order valence-corrected chi connectivity index (χ0v) is 11.1. The SMILES string of the molecule is CN(C)CCNC(=O)c1cc2ccccc2n1C. The Labute approximate surface area is 107 Å². The first kappa shape index (κ1) is 12.6. The molecule has 2 rings (SSSR count). The summed E-state index contributed by atoms with van der Waals surface area (Å²) in [6.07, 6.45) is 0. The Bertz CT molecular complexity index is 557. The number of aryl methyl sites for hydroxylation is 1. The third-order valence-electron chi connectivity index (χ3n) is 3.03. The molecule has 0 radical (unpaired) electrons. The highest BCUT2D eigenvalue weighted by Gasteiger charge is 2.12. The van der Waals surface area contributed by atoms with Crippen molar-refractivity contribution in [3.63, 3.8) is 0 Å². The molecule has 1 amide bonds. The predicted molar refractivity (Wildman–Crippen MR) is 73.8 cm³/mol. The van der Waals surface area contributed by atoms with E-state index < -0.39 is 0 Å². The predicted octanol–water partition coefficient (Wildman–Crippen LogP) is 1.47. The first-order chi connectivity index (χ1) is 8.59.